The van der Waals surface area contributed by atoms with Crippen LogP contribution >= 0.6 is 0 Å². The average Bonchev–Trinajstić information content (AvgIpc) is 3.59. The molecule has 0 bridgehead atoms. The molecule has 0 unspecified atom stereocenters. The fraction of sp³-hybridized carbons (Fsp3) is 0. The molecule has 1 aliphatic rings. The molecule has 5 nitrogen and oxygen atoms in total. The highest BCUT2D eigenvalue weighted by molar-refractivity contribution is 6.13. The lowest BCUT2D eigenvalue weighted by atomic mass is 9.94. The standard InChI is InChI=1S/C53H35N5/c1-5-17-37(18-6-1)51-54-52(38-19-7-2-8-20-38)56-53(55-51)39-31-29-36(30-32-39)40-33-34-48-45(35-40)49-43-25-13-15-27-46(43)58(42-23-11-4-12-24-42)50(49)44-26-14-16-28-47(44)57(48)41-21-9-3-10-22-41/h1-35H. The summed E-state index contributed by atoms with van der Waals surface area (Å²) in [6.45, 7) is 0. The van der Waals surface area contributed by atoms with Crippen molar-refractivity contribution in [3.8, 4) is 73.4 Å². The van der Waals surface area contributed by atoms with Crippen molar-refractivity contribution in [2.45, 2.75) is 0 Å². The molecule has 2 aromatic heterocycles. The van der Waals surface area contributed by atoms with E-state index in [0.717, 1.165) is 50.6 Å². The van der Waals surface area contributed by atoms with Crippen molar-refractivity contribution in [2.75, 3.05) is 4.90 Å². The number of benzene rings is 8. The summed E-state index contributed by atoms with van der Waals surface area (Å²) in [5.41, 5.74) is 15.4. The molecule has 0 saturated heterocycles. The Morgan fingerprint density at radius 3 is 1.43 bits per heavy atom. The molecule has 0 N–H and O–H groups in total. The van der Waals surface area contributed by atoms with Gasteiger partial charge in [0.25, 0.3) is 0 Å². The summed E-state index contributed by atoms with van der Waals surface area (Å²) in [5, 5.41) is 1.21. The number of nitrogens with zero attached hydrogens (tertiary/aromatic N) is 5. The minimum absolute atomic E-state index is 0.635. The summed E-state index contributed by atoms with van der Waals surface area (Å²) in [5.74, 6) is 1.93. The number of hydrogen-bond donors (Lipinski definition) is 0. The van der Waals surface area contributed by atoms with Gasteiger partial charge in [-0.2, -0.15) is 0 Å². The number of aromatic nitrogens is 4. The van der Waals surface area contributed by atoms with Crippen LogP contribution in [0.3, 0.4) is 0 Å². The fourth-order valence-electron chi connectivity index (χ4n) is 8.33. The van der Waals surface area contributed by atoms with Crippen LogP contribution < -0.4 is 4.90 Å². The molecule has 0 spiro atoms. The number of fused-ring (bicyclic) bond motifs is 7. The summed E-state index contributed by atoms with van der Waals surface area (Å²) < 4.78 is 2.44. The predicted octanol–water partition coefficient (Wildman–Crippen LogP) is 13.6. The Morgan fingerprint density at radius 1 is 0.328 bits per heavy atom. The molecule has 10 aromatic rings. The number of anilines is 3. The molecule has 0 fully saturated rings. The van der Waals surface area contributed by atoms with E-state index in [1.54, 1.807) is 0 Å². The van der Waals surface area contributed by atoms with Crippen LogP contribution in [-0.2, 0) is 0 Å². The van der Waals surface area contributed by atoms with Crippen molar-refractivity contribution < 1.29 is 0 Å². The monoisotopic (exact) mass is 741 g/mol. The van der Waals surface area contributed by atoms with Gasteiger partial charge in [0.05, 0.1) is 22.6 Å². The Hall–Kier alpha value is -7.89. The molecular formula is C53H35N5. The minimum Gasteiger partial charge on any atom is -0.309 e. The Kier molecular flexibility index (Phi) is 8.07. The van der Waals surface area contributed by atoms with E-state index < -0.39 is 0 Å². The second-order valence-electron chi connectivity index (χ2n) is 14.4. The van der Waals surface area contributed by atoms with E-state index in [2.05, 4.69) is 161 Å². The third-order valence-electron chi connectivity index (χ3n) is 11.0. The zero-order valence-electron chi connectivity index (χ0n) is 31.4. The van der Waals surface area contributed by atoms with Gasteiger partial charge in [0.1, 0.15) is 0 Å². The van der Waals surface area contributed by atoms with E-state index >= 15 is 0 Å². The number of para-hydroxylation sites is 4. The van der Waals surface area contributed by atoms with Crippen LogP contribution in [0.1, 0.15) is 0 Å². The third kappa shape index (κ3) is 5.68. The van der Waals surface area contributed by atoms with Crippen molar-refractivity contribution >= 4 is 28.0 Å². The van der Waals surface area contributed by atoms with Gasteiger partial charge in [0, 0.05) is 50.1 Å². The van der Waals surface area contributed by atoms with Gasteiger partial charge in [-0.25, -0.2) is 15.0 Å². The van der Waals surface area contributed by atoms with Crippen molar-refractivity contribution in [2.24, 2.45) is 0 Å². The van der Waals surface area contributed by atoms with E-state index in [-0.39, 0.29) is 0 Å². The van der Waals surface area contributed by atoms with Crippen LogP contribution in [0.15, 0.2) is 212 Å². The SMILES string of the molecule is c1ccc(-c2nc(-c3ccccc3)nc(-c3ccc(-c4ccc5c(c4)-c4c(n(-c6ccccc6)c6ccccc46)-c4ccccc4N5c4ccccc4)cc3)n2)cc1. The molecule has 0 aliphatic carbocycles. The molecule has 0 atom stereocenters. The first kappa shape index (κ1) is 33.4. The van der Waals surface area contributed by atoms with Gasteiger partial charge >= 0.3 is 0 Å². The maximum atomic E-state index is 4.98. The van der Waals surface area contributed by atoms with E-state index in [4.69, 9.17) is 15.0 Å². The lowest BCUT2D eigenvalue weighted by molar-refractivity contribution is 1.07. The highest BCUT2D eigenvalue weighted by Gasteiger charge is 2.31. The summed E-state index contributed by atoms with van der Waals surface area (Å²) in [6, 6.07) is 74.7. The molecule has 8 aromatic carbocycles. The Balaban J connectivity index is 1.10. The number of hydrogen-bond acceptors (Lipinski definition) is 4. The van der Waals surface area contributed by atoms with Crippen LogP contribution in [-0.4, -0.2) is 19.5 Å². The Bertz CT molecular complexity index is 3030. The first-order chi connectivity index (χ1) is 28.8. The molecule has 58 heavy (non-hydrogen) atoms. The molecule has 0 radical (unpaired) electrons. The second-order valence-corrected chi connectivity index (χ2v) is 14.4. The highest BCUT2D eigenvalue weighted by atomic mass is 15.2. The highest BCUT2D eigenvalue weighted by Crippen LogP contribution is 2.55. The molecule has 3 heterocycles. The predicted molar refractivity (Wildman–Crippen MR) is 238 cm³/mol. The Labute approximate surface area is 336 Å². The zero-order chi connectivity index (χ0) is 38.4. The largest absolute Gasteiger partial charge is 0.309 e. The molecule has 0 amide bonds. The first-order valence-corrected chi connectivity index (χ1v) is 19.5. The summed E-state index contributed by atoms with van der Waals surface area (Å²) in [4.78, 5) is 17.3. The molecule has 11 rings (SSSR count). The lowest BCUT2D eigenvalue weighted by Crippen LogP contribution is -2.11. The van der Waals surface area contributed by atoms with Gasteiger partial charge in [-0.1, -0.05) is 164 Å². The van der Waals surface area contributed by atoms with E-state index in [1.807, 2.05) is 60.7 Å². The third-order valence-corrected chi connectivity index (χ3v) is 11.0. The van der Waals surface area contributed by atoms with Crippen LogP contribution in [0.2, 0.25) is 0 Å². The van der Waals surface area contributed by atoms with Crippen LogP contribution in [0.4, 0.5) is 17.1 Å². The van der Waals surface area contributed by atoms with Gasteiger partial charge in [0.2, 0.25) is 0 Å². The summed E-state index contributed by atoms with van der Waals surface area (Å²) in [7, 11) is 0. The second kappa shape index (κ2) is 14.0. The topological polar surface area (TPSA) is 46.8 Å². The quantitative estimate of drug-likeness (QED) is 0.170. The fourth-order valence-corrected chi connectivity index (χ4v) is 8.33. The van der Waals surface area contributed by atoms with E-state index in [9.17, 15) is 0 Å². The number of rotatable bonds is 6. The molecule has 5 heteroatoms. The van der Waals surface area contributed by atoms with Crippen molar-refractivity contribution in [1.29, 1.82) is 0 Å². The van der Waals surface area contributed by atoms with Crippen molar-refractivity contribution in [3.63, 3.8) is 0 Å². The normalized spacial score (nSPS) is 11.8. The maximum Gasteiger partial charge on any atom is 0.164 e. The summed E-state index contributed by atoms with van der Waals surface area (Å²) >= 11 is 0. The van der Waals surface area contributed by atoms with Crippen LogP contribution in [0.25, 0.3) is 84.3 Å². The maximum absolute atomic E-state index is 4.98. The molecule has 1 aliphatic heterocycles. The van der Waals surface area contributed by atoms with E-state index in [0.29, 0.717) is 17.5 Å². The zero-order valence-corrected chi connectivity index (χ0v) is 31.4. The van der Waals surface area contributed by atoms with Crippen molar-refractivity contribution in [1.82, 2.24) is 19.5 Å². The molecular weight excluding hydrogens is 707 g/mol. The van der Waals surface area contributed by atoms with Gasteiger partial charge in [0.15, 0.2) is 17.5 Å². The van der Waals surface area contributed by atoms with E-state index in [1.165, 1.54) is 33.3 Å². The van der Waals surface area contributed by atoms with Gasteiger partial charge in [-0.3, -0.25) is 0 Å². The van der Waals surface area contributed by atoms with Gasteiger partial charge in [-0.05, 0) is 59.7 Å². The van der Waals surface area contributed by atoms with Gasteiger partial charge < -0.3 is 9.47 Å². The summed E-state index contributed by atoms with van der Waals surface area (Å²) in [6.07, 6.45) is 0. The lowest BCUT2D eigenvalue weighted by Gasteiger charge is -2.28. The molecule has 272 valence electrons. The first-order valence-electron chi connectivity index (χ1n) is 19.5. The van der Waals surface area contributed by atoms with Crippen LogP contribution in [0, 0.1) is 0 Å². The Morgan fingerprint density at radius 2 is 0.793 bits per heavy atom. The molecule has 0 saturated carbocycles. The van der Waals surface area contributed by atoms with Crippen molar-refractivity contribution in [3.05, 3.63) is 212 Å². The average molecular weight is 742 g/mol. The smallest absolute Gasteiger partial charge is 0.164 e. The minimum atomic E-state index is 0.635. The van der Waals surface area contributed by atoms with Gasteiger partial charge in [-0.15, -0.1) is 0 Å². The van der Waals surface area contributed by atoms with Crippen LogP contribution in [0.5, 0.6) is 0 Å².